The van der Waals surface area contributed by atoms with Gasteiger partial charge in [0.2, 0.25) is 0 Å². The number of nitrogens with zero attached hydrogens (tertiary/aromatic N) is 1. The Bertz CT molecular complexity index is 511. The van der Waals surface area contributed by atoms with E-state index in [1.165, 1.54) is 17.0 Å². The molecule has 128 valence electrons. The van der Waals surface area contributed by atoms with Crippen molar-refractivity contribution in [1.29, 1.82) is 0 Å². The predicted molar refractivity (Wildman–Crippen MR) is 81.3 cm³/mol. The second kappa shape index (κ2) is 7.68. The van der Waals surface area contributed by atoms with Gasteiger partial charge in [0.05, 0.1) is 11.7 Å². The Balaban J connectivity index is 1.76. The number of halogens is 3. The van der Waals surface area contributed by atoms with Gasteiger partial charge in [-0.05, 0) is 49.9 Å². The fourth-order valence-corrected chi connectivity index (χ4v) is 2.49. The molecule has 0 unspecified atom stereocenters. The zero-order chi connectivity index (χ0) is 16.9. The van der Waals surface area contributed by atoms with E-state index < -0.39 is 11.7 Å². The van der Waals surface area contributed by atoms with E-state index in [1.54, 1.807) is 7.05 Å². The van der Waals surface area contributed by atoms with Crippen LogP contribution in [0.5, 0.6) is 0 Å². The molecule has 7 heteroatoms. The van der Waals surface area contributed by atoms with E-state index >= 15 is 0 Å². The average molecular weight is 330 g/mol. The Hall–Kier alpha value is -1.76. The highest BCUT2D eigenvalue weighted by Gasteiger charge is 2.30. The first kappa shape index (κ1) is 17.6. The first-order valence-corrected chi connectivity index (χ1v) is 7.67. The van der Waals surface area contributed by atoms with Crippen molar-refractivity contribution in [2.75, 3.05) is 25.5 Å². The fraction of sp³-hybridized carbons (Fsp3) is 0.562. The maximum Gasteiger partial charge on any atom is 0.416 e. The quantitative estimate of drug-likeness (QED) is 0.882. The lowest BCUT2D eigenvalue weighted by Gasteiger charge is -2.19. The molecule has 0 aromatic heterocycles. The third-order valence-corrected chi connectivity index (χ3v) is 3.85. The summed E-state index contributed by atoms with van der Waals surface area (Å²) >= 11 is 0. The van der Waals surface area contributed by atoms with Gasteiger partial charge in [-0.2, -0.15) is 13.2 Å². The smallest absolute Gasteiger partial charge is 0.378 e. The van der Waals surface area contributed by atoms with E-state index in [-0.39, 0.29) is 6.03 Å². The van der Waals surface area contributed by atoms with Gasteiger partial charge in [0.25, 0.3) is 0 Å². The minimum Gasteiger partial charge on any atom is -0.378 e. The topological polar surface area (TPSA) is 41.6 Å². The summed E-state index contributed by atoms with van der Waals surface area (Å²) in [7, 11) is 1.66. The highest BCUT2D eigenvalue weighted by atomic mass is 19.4. The number of amides is 2. The van der Waals surface area contributed by atoms with Crippen LogP contribution in [0.2, 0.25) is 0 Å². The van der Waals surface area contributed by atoms with Crippen molar-refractivity contribution >= 4 is 11.7 Å². The summed E-state index contributed by atoms with van der Waals surface area (Å²) in [5.41, 5.74) is -0.394. The molecule has 1 aliphatic heterocycles. The van der Waals surface area contributed by atoms with Crippen molar-refractivity contribution in [2.45, 2.75) is 38.0 Å². The summed E-state index contributed by atoms with van der Waals surface area (Å²) < 4.78 is 42.9. The van der Waals surface area contributed by atoms with Crippen molar-refractivity contribution in [3.05, 3.63) is 29.8 Å². The van der Waals surface area contributed by atoms with Crippen LogP contribution in [0.15, 0.2) is 24.3 Å². The van der Waals surface area contributed by atoms with Gasteiger partial charge in [-0.15, -0.1) is 0 Å². The zero-order valence-corrected chi connectivity index (χ0v) is 13.0. The molecule has 0 spiro atoms. The van der Waals surface area contributed by atoms with Crippen molar-refractivity contribution < 1.29 is 22.7 Å². The number of alkyl halides is 3. The van der Waals surface area contributed by atoms with Crippen molar-refractivity contribution in [2.24, 2.45) is 0 Å². The second-order valence-electron chi connectivity index (χ2n) is 5.70. The number of anilines is 1. The molecule has 1 aliphatic rings. The summed E-state index contributed by atoms with van der Waals surface area (Å²) in [5.74, 6) is 0. The van der Waals surface area contributed by atoms with Gasteiger partial charge in [0.1, 0.15) is 0 Å². The number of rotatable bonds is 5. The molecule has 0 aliphatic carbocycles. The third kappa shape index (κ3) is 5.42. The van der Waals surface area contributed by atoms with Crippen LogP contribution in [-0.2, 0) is 10.9 Å². The molecule has 0 radical (unpaired) electrons. The number of hydrogen-bond donors (Lipinski definition) is 1. The lowest BCUT2D eigenvalue weighted by Crippen LogP contribution is -2.32. The molecule has 23 heavy (non-hydrogen) atoms. The molecule has 1 atom stereocenters. The molecule has 1 fully saturated rings. The third-order valence-electron chi connectivity index (χ3n) is 3.85. The summed E-state index contributed by atoms with van der Waals surface area (Å²) in [5, 5.41) is 2.59. The van der Waals surface area contributed by atoms with Crippen LogP contribution in [0.25, 0.3) is 0 Å². The zero-order valence-electron chi connectivity index (χ0n) is 13.0. The number of ether oxygens (including phenoxy) is 1. The van der Waals surface area contributed by atoms with Crippen LogP contribution in [-0.4, -0.2) is 37.2 Å². The van der Waals surface area contributed by atoms with Gasteiger partial charge >= 0.3 is 12.2 Å². The molecule has 1 aromatic carbocycles. The number of carbonyl (C=O) groups is 1. The van der Waals surface area contributed by atoms with E-state index in [0.717, 1.165) is 44.4 Å². The number of nitrogens with one attached hydrogen (secondary N) is 1. The molecule has 4 nitrogen and oxygen atoms in total. The number of carbonyl (C=O) groups excluding carboxylic acids is 1. The normalized spacial score (nSPS) is 18.0. The number of benzene rings is 1. The molecule has 1 aromatic rings. The molecule has 1 saturated heterocycles. The summed E-state index contributed by atoms with van der Waals surface area (Å²) in [6.45, 7) is 1.39. The van der Waals surface area contributed by atoms with E-state index in [2.05, 4.69) is 5.32 Å². The van der Waals surface area contributed by atoms with Crippen LogP contribution < -0.4 is 5.32 Å². The molecular weight excluding hydrogens is 309 g/mol. The monoisotopic (exact) mass is 330 g/mol. The van der Waals surface area contributed by atoms with Crippen molar-refractivity contribution in [3.63, 3.8) is 0 Å². The highest BCUT2D eigenvalue weighted by Crippen LogP contribution is 2.29. The van der Waals surface area contributed by atoms with Gasteiger partial charge < -0.3 is 15.0 Å². The Morgan fingerprint density at radius 2 is 2.04 bits per heavy atom. The summed E-state index contributed by atoms with van der Waals surface area (Å²) in [6.07, 6.45) is -0.168. The van der Waals surface area contributed by atoms with E-state index in [0.29, 0.717) is 18.3 Å². The first-order chi connectivity index (χ1) is 10.9. The molecule has 0 bridgehead atoms. The maximum atomic E-state index is 12.5. The second-order valence-corrected chi connectivity index (χ2v) is 5.70. The van der Waals surface area contributed by atoms with Gasteiger partial charge in [-0.1, -0.05) is 0 Å². The van der Waals surface area contributed by atoms with Crippen molar-refractivity contribution in [1.82, 2.24) is 4.90 Å². The Labute approximate surface area is 133 Å². The van der Waals surface area contributed by atoms with Crippen LogP contribution in [0.4, 0.5) is 23.7 Å². The minimum absolute atomic E-state index is 0.293. The summed E-state index contributed by atoms with van der Waals surface area (Å²) in [6, 6.07) is 4.07. The molecule has 1 N–H and O–H groups in total. The van der Waals surface area contributed by atoms with Gasteiger partial charge in [0.15, 0.2) is 0 Å². The molecule has 1 heterocycles. The molecule has 2 rings (SSSR count). The van der Waals surface area contributed by atoms with Crippen LogP contribution in [0, 0.1) is 0 Å². The first-order valence-electron chi connectivity index (χ1n) is 7.67. The molecule has 0 saturated carbocycles. The number of urea groups is 1. The largest absolute Gasteiger partial charge is 0.416 e. The van der Waals surface area contributed by atoms with Gasteiger partial charge in [-0.25, -0.2) is 4.79 Å². The van der Waals surface area contributed by atoms with Crippen LogP contribution in [0.1, 0.15) is 31.2 Å². The minimum atomic E-state index is -4.37. The number of hydrogen-bond acceptors (Lipinski definition) is 2. The van der Waals surface area contributed by atoms with Crippen LogP contribution in [0.3, 0.4) is 0 Å². The lowest BCUT2D eigenvalue weighted by atomic mass is 10.1. The van der Waals surface area contributed by atoms with Gasteiger partial charge in [-0.3, -0.25) is 0 Å². The lowest BCUT2D eigenvalue weighted by molar-refractivity contribution is -0.137. The maximum absolute atomic E-state index is 12.5. The van der Waals surface area contributed by atoms with E-state index in [1.807, 2.05) is 0 Å². The highest BCUT2D eigenvalue weighted by molar-refractivity contribution is 5.89. The van der Waals surface area contributed by atoms with Crippen LogP contribution >= 0.6 is 0 Å². The Morgan fingerprint density at radius 1 is 1.35 bits per heavy atom. The Kier molecular flexibility index (Phi) is 5.87. The Morgan fingerprint density at radius 3 is 2.61 bits per heavy atom. The fourth-order valence-electron chi connectivity index (χ4n) is 2.49. The standard InChI is InChI=1S/C16H21F3N2O2/c1-21(10-2-4-14-5-3-11-23-14)15(22)20-13-8-6-12(7-9-13)16(17,18)19/h6-9,14H,2-5,10-11H2,1H3,(H,20,22)/t14-/m0/s1. The predicted octanol–water partition coefficient (Wildman–Crippen LogP) is 4.13. The van der Waals surface area contributed by atoms with Crippen molar-refractivity contribution in [3.8, 4) is 0 Å². The molecular formula is C16H21F3N2O2. The van der Waals surface area contributed by atoms with E-state index in [9.17, 15) is 18.0 Å². The summed E-state index contributed by atoms with van der Waals surface area (Å²) in [4.78, 5) is 13.5. The average Bonchev–Trinajstić information content (AvgIpc) is 3.00. The SMILES string of the molecule is CN(CCC[C@H]1CCCO1)C(=O)Nc1ccc(C(F)(F)F)cc1. The van der Waals surface area contributed by atoms with E-state index in [4.69, 9.17) is 4.74 Å². The molecule has 2 amide bonds. The van der Waals surface area contributed by atoms with Gasteiger partial charge in [0, 0.05) is 25.9 Å².